The number of esters is 1. The minimum absolute atomic E-state index is 0.0848. The molecule has 1 amide bonds. The van der Waals surface area contributed by atoms with Crippen molar-refractivity contribution in [2.75, 3.05) is 13.2 Å². The van der Waals surface area contributed by atoms with Gasteiger partial charge in [-0.2, -0.15) is 0 Å². The molecule has 120 valence electrons. The zero-order chi connectivity index (χ0) is 16.8. The minimum Gasteiger partial charge on any atom is -0.460 e. The van der Waals surface area contributed by atoms with E-state index >= 15 is 0 Å². The molecular weight excluding hydrogens is 306 g/mol. The topological polar surface area (TPSA) is 81.2 Å². The summed E-state index contributed by atoms with van der Waals surface area (Å²) in [5.41, 5.74) is 1.65. The van der Waals surface area contributed by atoms with Crippen LogP contribution in [0.5, 0.6) is 0 Å². The van der Waals surface area contributed by atoms with Crippen molar-refractivity contribution in [1.29, 1.82) is 0 Å². The summed E-state index contributed by atoms with van der Waals surface area (Å²) in [6, 6.07) is 12.2. The predicted molar refractivity (Wildman–Crippen MR) is 88.6 cm³/mol. The molecule has 0 bridgehead atoms. The minimum atomic E-state index is -0.441. The molecule has 0 radical (unpaired) electrons. The smallest absolute Gasteiger partial charge is 0.338 e. The van der Waals surface area contributed by atoms with Gasteiger partial charge >= 0.3 is 5.97 Å². The Morgan fingerprint density at radius 1 is 1.04 bits per heavy atom. The first-order valence-electron chi connectivity index (χ1n) is 7.45. The first-order chi connectivity index (χ1) is 11.8. The maximum atomic E-state index is 12.2. The molecule has 6 heteroatoms. The van der Waals surface area contributed by atoms with Gasteiger partial charge in [-0.3, -0.25) is 14.8 Å². The van der Waals surface area contributed by atoms with E-state index in [1.165, 1.54) is 6.20 Å². The molecule has 6 nitrogen and oxygen atoms in total. The second kappa shape index (κ2) is 7.32. The number of amides is 1. The van der Waals surface area contributed by atoms with Gasteiger partial charge in [0.15, 0.2) is 0 Å². The summed E-state index contributed by atoms with van der Waals surface area (Å²) in [4.78, 5) is 32.1. The largest absolute Gasteiger partial charge is 0.460 e. The average Bonchev–Trinajstić information content (AvgIpc) is 2.65. The lowest BCUT2D eigenvalue weighted by Gasteiger charge is -2.08. The molecule has 0 fully saturated rings. The van der Waals surface area contributed by atoms with Crippen LogP contribution >= 0.6 is 0 Å². The summed E-state index contributed by atoms with van der Waals surface area (Å²) in [6.45, 7) is 0.309. The Hall–Kier alpha value is -3.28. The van der Waals surface area contributed by atoms with Crippen molar-refractivity contribution in [3.8, 4) is 0 Å². The van der Waals surface area contributed by atoms with Crippen LogP contribution in [0.15, 0.2) is 61.1 Å². The highest BCUT2D eigenvalue weighted by atomic mass is 16.5. The van der Waals surface area contributed by atoms with Crippen molar-refractivity contribution in [3.63, 3.8) is 0 Å². The van der Waals surface area contributed by atoms with Crippen molar-refractivity contribution < 1.29 is 14.3 Å². The lowest BCUT2D eigenvalue weighted by Crippen LogP contribution is -2.28. The highest BCUT2D eigenvalue weighted by Gasteiger charge is 2.11. The van der Waals surface area contributed by atoms with Gasteiger partial charge in [-0.05, 0) is 30.3 Å². The van der Waals surface area contributed by atoms with Gasteiger partial charge in [-0.25, -0.2) is 4.79 Å². The molecule has 0 spiro atoms. The Morgan fingerprint density at radius 3 is 2.75 bits per heavy atom. The Labute approximate surface area is 138 Å². The van der Waals surface area contributed by atoms with Crippen LogP contribution in [0.4, 0.5) is 0 Å². The van der Waals surface area contributed by atoms with Crippen molar-refractivity contribution in [1.82, 2.24) is 15.3 Å². The number of hydrogen-bond donors (Lipinski definition) is 1. The predicted octanol–water partition coefficient (Wildman–Crippen LogP) is 2.22. The number of rotatable bonds is 5. The molecule has 1 aromatic carbocycles. The fourth-order valence-corrected chi connectivity index (χ4v) is 2.27. The first-order valence-corrected chi connectivity index (χ1v) is 7.45. The van der Waals surface area contributed by atoms with E-state index in [4.69, 9.17) is 4.74 Å². The third kappa shape index (κ3) is 3.55. The van der Waals surface area contributed by atoms with Gasteiger partial charge in [-0.15, -0.1) is 0 Å². The molecule has 3 aromatic rings. The maximum Gasteiger partial charge on any atom is 0.338 e. The van der Waals surface area contributed by atoms with Gasteiger partial charge in [0.05, 0.1) is 23.2 Å². The van der Waals surface area contributed by atoms with Crippen molar-refractivity contribution >= 4 is 22.8 Å². The number of aromatic nitrogens is 2. The van der Waals surface area contributed by atoms with E-state index in [0.29, 0.717) is 11.1 Å². The SMILES string of the molecule is O=C(NCCOC(=O)c1cccc2ncccc12)c1cccnc1. The lowest BCUT2D eigenvalue weighted by molar-refractivity contribution is 0.0505. The molecule has 0 aliphatic carbocycles. The van der Waals surface area contributed by atoms with E-state index in [1.54, 1.807) is 42.7 Å². The maximum absolute atomic E-state index is 12.2. The molecule has 0 saturated heterocycles. The van der Waals surface area contributed by atoms with Crippen LogP contribution in [0.3, 0.4) is 0 Å². The van der Waals surface area contributed by atoms with Crippen LogP contribution in [-0.2, 0) is 4.74 Å². The Bertz CT molecular complexity index is 860. The number of nitrogens with one attached hydrogen (secondary N) is 1. The van der Waals surface area contributed by atoms with Crippen LogP contribution in [-0.4, -0.2) is 35.0 Å². The molecule has 2 aromatic heterocycles. The van der Waals surface area contributed by atoms with Crippen LogP contribution < -0.4 is 5.32 Å². The normalized spacial score (nSPS) is 10.3. The second-order valence-electron chi connectivity index (χ2n) is 5.01. The summed E-state index contributed by atoms with van der Waals surface area (Å²) in [5.74, 6) is -0.697. The van der Waals surface area contributed by atoms with E-state index in [0.717, 1.165) is 10.9 Å². The van der Waals surface area contributed by atoms with Crippen molar-refractivity contribution in [2.24, 2.45) is 0 Å². The van der Waals surface area contributed by atoms with Crippen LogP contribution in [0.2, 0.25) is 0 Å². The Balaban J connectivity index is 1.55. The second-order valence-corrected chi connectivity index (χ2v) is 5.01. The fourth-order valence-electron chi connectivity index (χ4n) is 2.27. The Morgan fingerprint density at radius 2 is 1.92 bits per heavy atom. The van der Waals surface area contributed by atoms with Gasteiger partial charge in [0, 0.05) is 24.0 Å². The number of carbonyl (C=O) groups is 2. The molecule has 0 aliphatic heterocycles. The molecule has 0 aliphatic rings. The van der Waals surface area contributed by atoms with Crippen molar-refractivity contribution in [3.05, 3.63) is 72.2 Å². The third-order valence-electron chi connectivity index (χ3n) is 3.41. The van der Waals surface area contributed by atoms with Crippen LogP contribution in [0.1, 0.15) is 20.7 Å². The molecule has 3 rings (SSSR count). The number of carbonyl (C=O) groups excluding carboxylic acids is 2. The molecule has 2 heterocycles. The highest BCUT2D eigenvalue weighted by Crippen LogP contribution is 2.17. The zero-order valence-corrected chi connectivity index (χ0v) is 12.8. The average molecular weight is 321 g/mol. The van der Waals surface area contributed by atoms with E-state index in [2.05, 4.69) is 15.3 Å². The molecule has 1 N–H and O–H groups in total. The molecule has 0 saturated carbocycles. The van der Waals surface area contributed by atoms with Crippen LogP contribution in [0, 0.1) is 0 Å². The molecular formula is C18H15N3O3. The molecule has 0 unspecified atom stereocenters. The van der Waals surface area contributed by atoms with Gasteiger partial charge in [0.1, 0.15) is 6.61 Å². The van der Waals surface area contributed by atoms with E-state index in [1.807, 2.05) is 12.1 Å². The number of benzene rings is 1. The summed E-state index contributed by atoms with van der Waals surface area (Å²) >= 11 is 0. The summed E-state index contributed by atoms with van der Waals surface area (Å²) in [6.07, 6.45) is 4.74. The monoisotopic (exact) mass is 321 g/mol. The number of ether oxygens (including phenoxy) is 1. The summed E-state index contributed by atoms with van der Waals surface area (Å²) in [7, 11) is 0. The first kappa shape index (κ1) is 15.6. The summed E-state index contributed by atoms with van der Waals surface area (Å²) < 4.78 is 5.23. The third-order valence-corrected chi connectivity index (χ3v) is 3.41. The van der Waals surface area contributed by atoms with E-state index in [9.17, 15) is 9.59 Å². The standard InChI is InChI=1S/C18H15N3O3/c22-17(13-4-2-8-19-12-13)21-10-11-24-18(23)15-5-1-7-16-14(15)6-3-9-20-16/h1-9,12H,10-11H2,(H,21,22). The number of pyridine rings is 2. The van der Waals surface area contributed by atoms with Gasteiger partial charge in [0.25, 0.3) is 5.91 Å². The van der Waals surface area contributed by atoms with E-state index in [-0.39, 0.29) is 19.1 Å². The van der Waals surface area contributed by atoms with Crippen LogP contribution in [0.25, 0.3) is 10.9 Å². The molecule has 24 heavy (non-hydrogen) atoms. The highest BCUT2D eigenvalue weighted by molar-refractivity contribution is 6.03. The molecule has 0 atom stereocenters. The lowest BCUT2D eigenvalue weighted by atomic mass is 10.1. The van der Waals surface area contributed by atoms with Gasteiger partial charge in [-0.1, -0.05) is 12.1 Å². The van der Waals surface area contributed by atoms with E-state index < -0.39 is 5.97 Å². The quantitative estimate of drug-likeness (QED) is 0.575. The Kier molecular flexibility index (Phi) is 4.76. The number of nitrogens with zero attached hydrogens (tertiary/aromatic N) is 2. The van der Waals surface area contributed by atoms with Gasteiger partial charge in [0.2, 0.25) is 0 Å². The number of hydrogen-bond acceptors (Lipinski definition) is 5. The van der Waals surface area contributed by atoms with Crippen molar-refractivity contribution in [2.45, 2.75) is 0 Å². The fraction of sp³-hybridized carbons (Fsp3) is 0.111. The van der Waals surface area contributed by atoms with Gasteiger partial charge < -0.3 is 10.1 Å². The number of fused-ring (bicyclic) bond motifs is 1. The summed E-state index contributed by atoms with van der Waals surface area (Å²) in [5, 5.41) is 3.41. The zero-order valence-electron chi connectivity index (χ0n) is 12.8.